The maximum atomic E-state index is 11.8. The van der Waals surface area contributed by atoms with E-state index in [4.69, 9.17) is 4.74 Å². The second kappa shape index (κ2) is 3.63. The van der Waals surface area contributed by atoms with Gasteiger partial charge in [-0.3, -0.25) is 0 Å². The molecule has 4 nitrogen and oxygen atoms in total. The van der Waals surface area contributed by atoms with Crippen molar-refractivity contribution in [3.63, 3.8) is 0 Å². The molecule has 82 valence electrons. The van der Waals surface area contributed by atoms with Gasteiger partial charge in [-0.15, -0.1) is 0 Å². The third kappa shape index (κ3) is 1.66. The summed E-state index contributed by atoms with van der Waals surface area (Å²) in [6.45, 7) is 0.541. The summed E-state index contributed by atoms with van der Waals surface area (Å²) >= 11 is 0. The molecule has 0 saturated heterocycles. The minimum atomic E-state index is -0.274. The van der Waals surface area contributed by atoms with Crippen LogP contribution in [0, 0.1) is 5.92 Å². The fourth-order valence-electron chi connectivity index (χ4n) is 1.69. The van der Waals surface area contributed by atoms with Crippen molar-refractivity contribution in [1.82, 2.24) is 9.97 Å². The zero-order valence-electron chi connectivity index (χ0n) is 8.77. The molecular formula is C12H12N2O2. The average molecular weight is 216 g/mol. The summed E-state index contributed by atoms with van der Waals surface area (Å²) in [5, 5.41) is 0. The molecule has 1 fully saturated rings. The quantitative estimate of drug-likeness (QED) is 0.799. The van der Waals surface area contributed by atoms with Gasteiger partial charge in [-0.25, -0.2) is 9.78 Å². The Bertz CT molecular complexity index is 529. The molecule has 0 bridgehead atoms. The van der Waals surface area contributed by atoms with Crippen LogP contribution < -0.4 is 0 Å². The van der Waals surface area contributed by atoms with Crippen LogP contribution in [-0.4, -0.2) is 22.5 Å². The number of hydrogen-bond donors (Lipinski definition) is 1. The Balaban J connectivity index is 1.85. The van der Waals surface area contributed by atoms with Crippen molar-refractivity contribution in [2.45, 2.75) is 12.8 Å². The molecule has 3 rings (SSSR count). The minimum Gasteiger partial charge on any atom is -0.462 e. The third-order valence-corrected chi connectivity index (χ3v) is 2.82. The molecule has 1 heterocycles. The maximum Gasteiger partial charge on any atom is 0.340 e. The van der Waals surface area contributed by atoms with Crippen LogP contribution in [0.3, 0.4) is 0 Å². The monoisotopic (exact) mass is 216 g/mol. The van der Waals surface area contributed by atoms with Gasteiger partial charge in [0.05, 0.1) is 24.0 Å². The standard InChI is InChI=1S/C12H12N2O2/c15-12(16-6-8-4-5-8)9-2-1-3-10-11(9)14-7-13-10/h1-3,7-8H,4-6H2,(H,13,14). The van der Waals surface area contributed by atoms with Crippen LogP contribution in [0.1, 0.15) is 23.2 Å². The normalized spacial score (nSPS) is 15.2. The number of rotatable bonds is 3. The molecule has 1 aliphatic carbocycles. The molecule has 0 atom stereocenters. The molecule has 0 aliphatic heterocycles. The number of esters is 1. The first-order valence-electron chi connectivity index (χ1n) is 5.44. The molecule has 1 saturated carbocycles. The summed E-state index contributed by atoms with van der Waals surface area (Å²) in [6, 6.07) is 5.46. The largest absolute Gasteiger partial charge is 0.462 e. The number of ether oxygens (including phenoxy) is 1. The SMILES string of the molecule is O=C(OCC1CC1)c1cccc2[nH]cnc12. The van der Waals surface area contributed by atoms with E-state index in [1.165, 1.54) is 12.8 Å². The van der Waals surface area contributed by atoms with Crippen LogP contribution in [0.4, 0.5) is 0 Å². The Labute approximate surface area is 92.6 Å². The summed E-state index contributed by atoms with van der Waals surface area (Å²) in [5.41, 5.74) is 2.09. The Morgan fingerprint density at radius 2 is 2.38 bits per heavy atom. The second-order valence-electron chi connectivity index (χ2n) is 4.15. The highest BCUT2D eigenvalue weighted by Crippen LogP contribution is 2.29. The van der Waals surface area contributed by atoms with E-state index < -0.39 is 0 Å². The third-order valence-electron chi connectivity index (χ3n) is 2.82. The van der Waals surface area contributed by atoms with Crippen molar-refractivity contribution in [3.8, 4) is 0 Å². The lowest BCUT2D eigenvalue weighted by Gasteiger charge is -2.03. The molecule has 1 N–H and O–H groups in total. The highest BCUT2D eigenvalue weighted by Gasteiger charge is 2.24. The number of carbonyl (C=O) groups excluding carboxylic acids is 1. The number of nitrogens with zero attached hydrogens (tertiary/aromatic N) is 1. The number of hydrogen-bond acceptors (Lipinski definition) is 3. The number of H-pyrrole nitrogens is 1. The molecule has 4 heteroatoms. The Kier molecular flexibility index (Phi) is 2.13. The van der Waals surface area contributed by atoms with Gasteiger partial charge >= 0.3 is 5.97 Å². The van der Waals surface area contributed by atoms with E-state index in [-0.39, 0.29) is 5.97 Å². The summed E-state index contributed by atoms with van der Waals surface area (Å²) in [7, 11) is 0. The Morgan fingerprint density at radius 1 is 1.50 bits per heavy atom. The van der Waals surface area contributed by atoms with Gasteiger partial charge in [0.2, 0.25) is 0 Å². The van der Waals surface area contributed by atoms with E-state index in [1.807, 2.05) is 12.1 Å². The van der Waals surface area contributed by atoms with Crippen molar-refractivity contribution >= 4 is 17.0 Å². The smallest absolute Gasteiger partial charge is 0.340 e. The molecule has 1 aromatic heterocycles. The summed E-state index contributed by atoms with van der Waals surface area (Å²) in [5.74, 6) is 0.312. The molecule has 1 aliphatic rings. The van der Waals surface area contributed by atoms with Gasteiger partial charge in [-0.1, -0.05) is 6.07 Å². The minimum absolute atomic E-state index is 0.274. The lowest BCUT2D eigenvalue weighted by Crippen LogP contribution is -2.08. The summed E-state index contributed by atoms with van der Waals surface area (Å²) in [6.07, 6.45) is 3.95. The van der Waals surface area contributed by atoms with Gasteiger partial charge in [0.15, 0.2) is 0 Å². The molecule has 0 spiro atoms. The fraction of sp³-hybridized carbons (Fsp3) is 0.333. The number of nitrogens with one attached hydrogen (secondary N) is 1. The maximum absolute atomic E-state index is 11.8. The van der Waals surface area contributed by atoms with Crippen molar-refractivity contribution in [2.75, 3.05) is 6.61 Å². The number of imidazole rings is 1. The van der Waals surface area contributed by atoms with E-state index >= 15 is 0 Å². The van der Waals surface area contributed by atoms with Crippen molar-refractivity contribution in [3.05, 3.63) is 30.1 Å². The number of fused-ring (bicyclic) bond motifs is 1. The molecular weight excluding hydrogens is 204 g/mol. The summed E-state index contributed by atoms with van der Waals surface area (Å²) in [4.78, 5) is 18.9. The van der Waals surface area contributed by atoms with E-state index in [0.29, 0.717) is 23.6 Å². The first-order valence-corrected chi connectivity index (χ1v) is 5.44. The predicted octanol–water partition coefficient (Wildman–Crippen LogP) is 2.13. The van der Waals surface area contributed by atoms with Gasteiger partial charge < -0.3 is 9.72 Å². The van der Waals surface area contributed by atoms with Gasteiger partial charge in [0, 0.05) is 0 Å². The first kappa shape index (κ1) is 9.39. The van der Waals surface area contributed by atoms with E-state index in [1.54, 1.807) is 12.4 Å². The van der Waals surface area contributed by atoms with Crippen molar-refractivity contribution in [1.29, 1.82) is 0 Å². The van der Waals surface area contributed by atoms with Gasteiger partial charge in [-0.05, 0) is 30.9 Å². The van der Waals surface area contributed by atoms with Gasteiger partial charge in [0.25, 0.3) is 0 Å². The lowest BCUT2D eigenvalue weighted by atomic mass is 10.2. The van der Waals surface area contributed by atoms with Crippen LogP contribution in [-0.2, 0) is 4.74 Å². The van der Waals surface area contributed by atoms with Crippen LogP contribution in [0.5, 0.6) is 0 Å². The van der Waals surface area contributed by atoms with E-state index in [0.717, 1.165) is 5.52 Å². The summed E-state index contributed by atoms with van der Waals surface area (Å²) < 4.78 is 5.24. The topological polar surface area (TPSA) is 55.0 Å². The Morgan fingerprint density at radius 3 is 3.19 bits per heavy atom. The van der Waals surface area contributed by atoms with Crippen molar-refractivity contribution in [2.24, 2.45) is 5.92 Å². The van der Waals surface area contributed by atoms with Crippen LogP contribution in [0.25, 0.3) is 11.0 Å². The highest BCUT2D eigenvalue weighted by atomic mass is 16.5. The lowest BCUT2D eigenvalue weighted by molar-refractivity contribution is 0.0488. The number of aromatic nitrogens is 2. The highest BCUT2D eigenvalue weighted by molar-refractivity contribution is 6.01. The fourth-order valence-corrected chi connectivity index (χ4v) is 1.69. The van der Waals surface area contributed by atoms with Crippen LogP contribution in [0.15, 0.2) is 24.5 Å². The van der Waals surface area contributed by atoms with E-state index in [2.05, 4.69) is 9.97 Å². The first-order chi connectivity index (χ1) is 7.84. The number of para-hydroxylation sites is 1. The number of carbonyl (C=O) groups is 1. The van der Waals surface area contributed by atoms with Gasteiger partial charge in [0.1, 0.15) is 5.52 Å². The number of aromatic amines is 1. The average Bonchev–Trinajstić information content (AvgIpc) is 3.01. The number of benzene rings is 1. The molecule has 1 aromatic carbocycles. The van der Waals surface area contributed by atoms with Gasteiger partial charge in [-0.2, -0.15) is 0 Å². The second-order valence-corrected chi connectivity index (χ2v) is 4.15. The van der Waals surface area contributed by atoms with Crippen LogP contribution >= 0.6 is 0 Å². The zero-order valence-corrected chi connectivity index (χ0v) is 8.77. The van der Waals surface area contributed by atoms with Crippen LogP contribution in [0.2, 0.25) is 0 Å². The Hall–Kier alpha value is -1.84. The molecule has 0 amide bonds. The molecule has 0 unspecified atom stereocenters. The molecule has 0 radical (unpaired) electrons. The predicted molar refractivity (Wildman–Crippen MR) is 59.1 cm³/mol. The molecule has 2 aromatic rings. The van der Waals surface area contributed by atoms with E-state index in [9.17, 15) is 4.79 Å². The van der Waals surface area contributed by atoms with Crippen molar-refractivity contribution < 1.29 is 9.53 Å². The molecule has 16 heavy (non-hydrogen) atoms. The zero-order chi connectivity index (χ0) is 11.0.